The first-order valence-corrected chi connectivity index (χ1v) is 11.3. The van der Waals surface area contributed by atoms with Gasteiger partial charge in [0.25, 0.3) is 5.91 Å². The second-order valence-electron chi connectivity index (χ2n) is 8.94. The Kier molecular flexibility index (Phi) is 6.72. The van der Waals surface area contributed by atoms with Crippen LogP contribution in [0.15, 0.2) is 36.7 Å². The largest absolute Gasteiger partial charge is 0.483 e. The van der Waals surface area contributed by atoms with Gasteiger partial charge in [-0.2, -0.15) is 0 Å². The van der Waals surface area contributed by atoms with Crippen molar-refractivity contribution in [2.45, 2.75) is 64.6 Å². The number of para-hydroxylation sites is 1. The number of imidazole rings is 1. The molecule has 4 rings (SSSR count). The lowest BCUT2D eigenvalue weighted by molar-refractivity contribution is -0.124. The van der Waals surface area contributed by atoms with E-state index in [1.54, 1.807) is 0 Å². The van der Waals surface area contributed by atoms with Gasteiger partial charge in [0.15, 0.2) is 6.61 Å². The molecule has 6 nitrogen and oxygen atoms in total. The van der Waals surface area contributed by atoms with E-state index in [1.165, 1.54) is 12.0 Å². The summed E-state index contributed by atoms with van der Waals surface area (Å²) in [6, 6.07) is 8.75. The van der Waals surface area contributed by atoms with E-state index in [4.69, 9.17) is 4.74 Å². The van der Waals surface area contributed by atoms with E-state index in [2.05, 4.69) is 45.9 Å². The molecule has 1 amide bonds. The van der Waals surface area contributed by atoms with Crippen LogP contribution in [-0.2, 0) is 17.8 Å². The van der Waals surface area contributed by atoms with Crippen molar-refractivity contribution in [1.82, 2.24) is 19.8 Å². The molecule has 0 unspecified atom stereocenters. The Morgan fingerprint density at radius 3 is 2.97 bits per heavy atom. The third kappa shape index (κ3) is 5.04. The first kappa shape index (κ1) is 20.9. The molecule has 0 aliphatic carbocycles. The Balaban J connectivity index is 1.42. The maximum absolute atomic E-state index is 12.6. The highest BCUT2D eigenvalue weighted by Crippen LogP contribution is 2.27. The summed E-state index contributed by atoms with van der Waals surface area (Å²) in [4.78, 5) is 19.7. The summed E-state index contributed by atoms with van der Waals surface area (Å²) in [6.07, 6.45) is 9.41. The van der Waals surface area contributed by atoms with Gasteiger partial charge in [0.2, 0.25) is 0 Å². The zero-order chi connectivity index (χ0) is 20.9. The molecule has 2 aliphatic rings. The number of nitrogens with one attached hydrogen (secondary N) is 1. The zero-order valence-electron chi connectivity index (χ0n) is 18.2. The van der Waals surface area contributed by atoms with Crippen LogP contribution in [0.4, 0.5) is 0 Å². The average molecular weight is 411 g/mol. The van der Waals surface area contributed by atoms with E-state index in [0.717, 1.165) is 56.9 Å². The van der Waals surface area contributed by atoms with Gasteiger partial charge in [0, 0.05) is 37.6 Å². The molecule has 1 aromatic carbocycles. The summed E-state index contributed by atoms with van der Waals surface area (Å²) in [5.41, 5.74) is 1.20. The molecule has 2 atom stereocenters. The summed E-state index contributed by atoms with van der Waals surface area (Å²) in [7, 11) is 0. The Hall–Kier alpha value is -2.34. The quantitative estimate of drug-likeness (QED) is 0.840. The summed E-state index contributed by atoms with van der Waals surface area (Å²) in [6.45, 7) is 7.35. The molecule has 0 spiro atoms. The van der Waals surface area contributed by atoms with Gasteiger partial charge in [-0.05, 0) is 57.1 Å². The van der Waals surface area contributed by atoms with Gasteiger partial charge in [-0.1, -0.05) is 24.6 Å². The van der Waals surface area contributed by atoms with Crippen LogP contribution >= 0.6 is 0 Å². The number of carbonyl (C=O) groups is 1. The third-order valence-electron chi connectivity index (χ3n) is 6.44. The minimum atomic E-state index is -0.0100. The molecule has 0 bridgehead atoms. The van der Waals surface area contributed by atoms with Gasteiger partial charge >= 0.3 is 0 Å². The first-order chi connectivity index (χ1) is 14.6. The topological polar surface area (TPSA) is 59.4 Å². The second-order valence-corrected chi connectivity index (χ2v) is 8.94. The molecule has 3 heterocycles. The van der Waals surface area contributed by atoms with Gasteiger partial charge in [0.05, 0.1) is 6.54 Å². The lowest BCUT2D eigenvalue weighted by Gasteiger charge is -2.39. The molecule has 0 saturated carbocycles. The number of fused-ring (bicyclic) bond motifs is 2. The van der Waals surface area contributed by atoms with Crippen molar-refractivity contribution < 1.29 is 9.53 Å². The van der Waals surface area contributed by atoms with Crippen LogP contribution in [0.1, 0.15) is 57.0 Å². The minimum Gasteiger partial charge on any atom is -0.483 e. The van der Waals surface area contributed by atoms with Crippen molar-refractivity contribution in [3.63, 3.8) is 0 Å². The summed E-state index contributed by atoms with van der Waals surface area (Å²) < 4.78 is 8.10. The van der Waals surface area contributed by atoms with Gasteiger partial charge in [-0.15, -0.1) is 0 Å². The number of nitrogens with zero attached hydrogens (tertiary/aromatic N) is 3. The van der Waals surface area contributed by atoms with Crippen LogP contribution in [0.3, 0.4) is 0 Å². The van der Waals surface area contributed by atoms with Crippen molar-refractivity contribution >= 4 is 5.91 Å². The number of benzene rings is 1. The standard InChI is InChI=1S/C24H34N4O2/c1-18(2)28-14-12-25-23(28)16-27-13-11-21-20(15-27)9-4-3-7-19-8-5-6-10-22(19)30-17-24(29)26-21/h5-6,8,10,12,14,18,20-21H,3-4,7,9,11,13,15-17H2,1-2H3,(H,26,29)/t20-,21+/m0/s1. The van der Waals surface area contributed by atoms with Crippen molar-refractivity contribution in [1.29, 1.82) is 0 Å². The number of carbonyl (C=O) groups excluding carboxylic acids is 1. The van der Waals surface area contributed by atoms with E-state index in [9.17, 15) is 4.79 Å². The Morgan fingerprint density at radius 2 is 2.10 bits per heavy atom. The molecule has 1 fully saturated rings. The number of hydrogen-bond acceptors (Lipinski definition) is 4. The lowest BCUT2D eigenvalue weighted by Crippen LogP contribution is -2.51. The number of hydrogen-bond donors (Lipinski definition) is 1. The normalized spacial score (nSPS) is 23.5. The molecule has 2 aliphatic heterocycles. The molecule has 2 aromatic rings. The number of aryl methyl sites for hydroxylation is 1. The maximum atomic E-state index is 12.6. The molecular weight excluding hydrogens is 376 g/mol. The number of rotatable bonds is 3. The number of aromatic nitrogens is 2. The maximum Gasteiger partial charge on any atom is 0.258 e. The van der Waals surface area contributed by atoms with Crippen LogP contribution < -0.4 is 10.1 Å². The zero-order valence-corrected chi connectivity index (χ0v) is 18.2. The SMILES string of the molecule is CC(C)n1ccnc1CN1CC[C@H]2NC(=O)COc3ccccc3CCCC[C@H]2C1. The number of likely N-dealkylation sites (tertiary alicyclic amines) is 1. The van der Waals surface area contributed by atoms with Crippen LogP contribution in [0.25, 0.3) is 0 Å². The lowest BCUT2D eigenvalue weighted by atomic mass is 9.87. The van der Waals surface area contributed by atoms with Gasteiger partial charge in [0.1, 0.15) is 11.6 Å². The molecule has 1 N–H and O–H groups in total. The molecule has 162 valence electrons. The van der Waals surface area contributed by atoms with Crippen LogP contribution in [0.5, 0.6) is 5.75 Å². The van der Waals surface area contributed by atoms with Crippen molar-refractivity contribution in [3.8, 4) is 5.75 Å². The van der Waals surface area contributed by atoms with Crippen LogP contribution in [-0.4, -0.2) is 46.1 Å². The van der Waals surface area contributed by atoms with Gasteiger partial charge in [-0.25, -0.2) is 4.98 Å². The Morgan fingerprint density at radius 1 is 1.23 bits per heavy atom. The minimum absolute atomic E-state index is 0.0100. The van der Waals surface area contributed by atoms with Crippen molar-refractivity contribution in [2.75, 3.05) is 19.7 Å². The predicted octanol–water partition coefficient (Wildman–Crippen LogP) is 3.58. The Labute approximate surface area is 179 Å². The van der Waals surface area contributed by atoms with E-state index in [1.807, 2.05) is 24.4 Å². The van der Waals surface area contributed by atoms with E-state index in [0.29, 0.717) is 12.0 Å². The molecule has 30 heavy (non-hydrogen) atoms. The predicted molar refractivity (Wildman–Crippen MR) is 117 cm³/mol. The van der Waals surface area contributed by atoms with Crippen molar-refractivity contribution in [2.24, 2.45) is 5.92 Å². The highest BCUT2D eigenvalue weighted by molar-refractivity contribution is 5.78. The molecule has 1 saturated heterocycles. The molecule has 6 heteroatoms. The molecule has 1 aromatic heterocycles. The monoisotopic (exact) mass is 410 g/mol. The summed E-state index contributed by atoms with van der Waals surface area (Å²) >= 11 is 0. The van der Waals surface area contributed by atoms with Crippen LogP contribution in [0, 0.1) is 5.92 Å². The molecule has 0 radical (unpaired) electrons. The third-order valence-corrected chi connectivity index (χ3v) is 6.44. The summed E-state index contributed by atoms with van der Waals surface area (Å²) in [5.74, 6) is 2.44. The number of ether oxygens (including phenoxy) is 1. The first-order valence-electron chi connectivity index (χ1n) is 11.3. The van der Waals surface area contributed by atoms with Crippen LogP contribution in [0.2, 0.25) is 0 Å². The fourth-order valence-corrected chi connectivity index (χ4v) is 4.84. The number of amides is 1. The fraction of sp³-hybridized carbons (Fsp3) is 0.583. The van der Waals surface area contributed by atoms with E-state index in [-0.39, 0.29) is 18.6 Å². The van der Waals surface area contributed by atoms with E-state index >= 15 is 0 Å². The second kappa shape index (κ2) is 9.65. The number of piperidine rings is 1. The fourth-order valence-electron chi connectivity index (χ4n) is 4.84. The summed E-state index contributed by atoms with van der Waals surface area (Å²) in [5, 5.41) is 3.27. The average Bonchev–Trinajstić information content (AvgIpc) is 3.19. The van der Waals surface area contributed by atoms with E-state index < -0.39 is 0 Å². The molecular formula is C24H34N4O2. The highest BCUT2D eigenvalue weighted by atomic mass is 16.5. The van der Waals surface area contributed by atoms with Crippen molar-refractivity contribution in [3.05, 3.63) is 48.0 Å². The van der Waals surface area contributed by atoms with Gasteiger partial charge < -0.3 is 14.6 Å². The Bertz CT molecular complexity index is 847. The highest BCUT2D eigenvalue weighted by Gasteiger charge is 2.31. The van der Waals surface area contributed by atoms with Gasteiger partial charge in [-0.3, -0.25) is 9.69 Å². The smallest absolute Gasteiger partial charge is 0.258 e.